The van der Waals surface area contributed by atoms with Crippen LogP contribution in [0, 0.1) is 6.92 Å². The molecule has 0 aliphatic heterocycles. The van der Waals surface area contributed by atoms with Crippen molar-refractivity contribution in [2.24, 2.45) is 0 Å². The number of rotatable bonds is 3. The second kappa shape index (κ2) is 8.11. The highest BCUT2D eigenvalue weighted by molar-refractivity contribution is 7.85. The van der Waals surface area contributed by atoms with Gasteiger partial charge < -0.3 is 4.18 Å². The molecule has 8 heteroatoms. The second-order valence-corrected chi connectivity index (χ2v) is 7.13. The van der Waals surface area contributed by atoms with E-state index in [1.165, 1.54) is 12.1 Å². The first-order valence-corrected chi connectivity index (χ1v) is 9.65. The zero-order chi connectivity index (χ0) is 18.4. The fraction of sp³-hybridized carbons (Fsp3) is 0.0588. The van der Waals surface area contributed by atoms with Gasteiger partial charge in [0.1, 0.15) is 5.75 Å². The standard InChI is InChI=1S/C10H8O3S.C7H8O3S/c11-14(12)13-10-7-3-5-8-4-1-2-6-9(8)10;1-6-2-4-7(5-3-6)11(8,9)10/h1-7,14H;2-5H,1H3,(H,8,9,10). The molecule has 3 aromatic rings. The minimum atomic E-state index is -4.02. The molecule has 1 N–H and O–H groups in total. The Morgan fingerprint density at radius 1 is 0.880 bits per heavy atom. The predicted molar refractivity (Wildman–Crippen MR) is 95.9 cm³/mol. The monoisotopic (exact) mass is 380 g/mol. The molecule has 3 rings (SSSR count). The van der Waals surface area contributed by atoms with Crippen molar-refractivity contribution in [1.82, 2.24) is 0 Å². The molecule has 0 heterocycles. The molecule has 0 amide bonds. The van der Waals surface area contributed by atoms with Crippen LogP contribution in [0.15, 0.2) is 71.6 Å². The van der Waals surface area contributed by atoms with Crippen molar-refractivity contribution < 1.29 is 25.6 Å². The summed E-state index contributed by atoms with van der Waals surface area (Å²) in [4.78, 5) is -0.0666. The SMILES string of the molecule is Cc1ccc(S(=O)(=O)O)cc1.O=[SH](=O)Oc1cccc2ccccc12. The van der Waals surface area contributed by atoms with Gasteiger partial charge in [-0.25, -0.2) is 0 Å². The normalized spacial score (nSPS) is 11.0. The van der Waals surface area contributed by atoms with Crippen LogP contribution in [0.3, 0.4) is 0 Å². The molecule has 0 aliphatic carbocycles. The Bertz CT molecular complexity index is 1020. The fourth-order valence-corrected chi connectivity index (χ4v) is 2.87. The minimum absolute atomic E-state index is 0.0666. The summed E-state index contributed by atoms with van der Waals surface area (Å²) in [5.41, 5.74) is 0.956. The highest BCUT2D eigenvalue weighted by atomic mass is 32.2. The molecule has 0 spiro atoms. The number of hydrogen-bond donors (Lipinski definition) is 2. The van der Waals surface area contributed by atoms with Crippen LogP contribution in [0.5, 0.6) is 5.75 Å². The first-order valence-electron chi connectivity index (χ1n) is 7.11. The van der Waals surface area contributed by atoms with E-state index in [0.717, 1.165) is 16.3 Å². The molecule has 0 atom stereocenters. The Hall–Kier alpha value is -2.42. The molecular formula is C17H16O6S2. The van der Waals surface area contributed by atoms with E-state index in [1.807, 2.05) is 37.3 Å². The Morgan fingerprint density at radius 2 is 1.48 bits per heavy atom. The molecule has 132 valence electrons. The lowest BCUT2D eigenvalue weighted by Crippen LogP contribution is -1.96. The van der Waals surface area contributed by atoms with Crippen molar-refractivity contribution in [1.29, 1.82) is 0 Å². The smallest absolute Gasteiger partial charge is 0.299 e. The molecule has 0 radical (unpaired) electrons. The van der Waals surface area contributed by atoms with Gasteiger partial charge in [-0.2, -0.15) is 16.8 Å². The lowest BCUT2D eigenvalue weighted by Gasteiger charge is -2.02. The molecule has 0 bridgehead atoms. The fourth-order valence-electron chi connectivity index (χ4n) is 2.07. The summed E-state index contributed by atoms with van der Waals surface area (Å²) < 4.78 is 55.1. The van der Waals surface area contributed by atoms with Gasteiger partial charge in [0.05, 0.1) is 4.90 Å². The highest BCUT2D eigenvalue weighted by Gasteiger charge is 2.06. The molecule has 6 nitrogen and oxygen atoms in total. The van der Waals surface area contributed by atoms with Crippen molar-refractivity contribution in [3.05, 3.63) is 72.3 Å². The van der Waals surface area contributed by atoms with E-state index in [4.69, 9.17) is 4.55 Å². The summed E-state index contributed by atoms with van der Waals surface area (Å²) in [7, 11) is -6.87. The molecule has 0 fully saturated rings. The van der Waals surface area contributed by atoms with E-state index >= 15 is 0 Å². The lowest BCUT2D eigenvalue weighted by atomic mass is 10.1. The van der Waals surface area contributed by atoms with E-state index in [9.17, 15) is 16.8 Å². The van der Waals surface area contributed by atoms with Gasteiger partial charge in [-0.15, -0.1) is 0 Å². The number of fused-ring (bicyclic) bond motifs is 1. The summed E-state index contributed by atoms with van der Waals surface area (Å²) in [5, 5.41) is 1.76. The number of aryl methyl sites for hydroxylation is 1. The van der Waals surface area contributed by atoms with Crippen LogP contribution in [0.4, 0.5) is 0 Å². The topological polar surface area (TPSA) is 97.7 Å². The zero-order valence-electron chi connectivity index (χ0n) is 13.2. The maximum Gasteiger partial charge on any atom is 0.299 e. The first-order chi connectivity index (χ1) is 11.8. The van der Waals surface area contributed by atoms with Gasteiger partial charge in [0.2, 0.25) is 0 Å². The maximum absolute atomic E-state index is 10.5. The zero-order valence-corrected chi connectivity index (χ0v) is 14.9. The van der Waals surface area contributed by atoms with Gasteiger partial charge in [0.15, 0.2) is 0 Å². The molecule has 0 saturated heterocycles. The van der Waals surface area contributed by atoms with Gasteiger partial charge in [0, 0.05) is 5.39 Å². The summed E-state index contributed by atoms with van der Waals surface area (Å²) in [6.45, 7) is 1.84. The van der Waals surface area contributed by atoms with E-state index in [-0.39, 0.29) is 4.90 Å². The quantitative estimate of drug-likeness (QED) is 0.535. The van der Waals surface area contributed by atoms with Crippen molar-refractivity contribution >= 4 is 31.9 Å². The molecule has 0 aliphatic rings. The van der Waals surface area contributed by atoms with Crippen LogP contribution in [-0.2, 0) is 21.1 Å². The number of hydrogen-bond acceptors (Lipinski definition) is 5. The Labute approximate surface area is 147 Å². The van der Waals surface area contributed by atoms with Gasteiger partial charge in [-0.3, -0.25) is 4.55 Å². The van der Waals surface area contributed by atoms with E-state index in [2.05, 4.69) is 4.18 Å². The van der Waals surface area contributed by atoms with Gasteiger partial charge in [-0.05, 0) is 30.5 Å². The average Bonchev–Trinajstić information content (AvgIpc) is 2.55. The van der Waals surface area contributed by atoms with Crippen LogP contribution < -0.4 is 4.18 Å². The van der Waals surface area contributed by atoms with Gasteiger partial charge >= 0.3 is 0 Å². The molecular weight excluding hydrogens is 364 g/mol. The molecule has 0 aromatic heterocycles. The third kappa shape index (κ3) is 5.56. The Morgan fingerprint density at radius 3 is 2.08 bits per heavy atom. The van der Waals surface area contributed by atoms with E-state index in [1.54, 1.807) is 24.3 Å². The summed E-state index contributed by atoms with van der Waals surface area (Å²) in [5.74, 6) is 0.374. The number of benzene rings is 3. The van der Waals surface area contributed by atoms with E-state index in [0.29, 0.717) is 5.75 Å². The summed E-state index contributed by atoms with van der Waals surface area (Å²) >= 11 is 0. The summed E-state index contributed by atoms with van der Waals surface area (Å²) in [6.07, 6.45) is 0. The summed E-state index contributed by atoms with van der Waals surface area (Å²) in [6, 6.07) is 18.7. The largest absolute Gasteiger partial charge is 0.384 e. The van der Waals surface area contributed by atoms with Crippen molar-refractivity contribution in [2.45, 2.75) is 11.8 Å². The Balaban J connectivity index is 0.000000186. The third-order valence-corrected chi connectivity index (χ3v) is 4.46. The predicted octanol–water partition coefficient (Wildman–Crippen LogP) is 2.99. The van der Waals surface area contributed by atoms with Crippen LogP contribution in [0.1, 0.15) is 5.56 Å². The van der Waals surface area contributed by atoms with Crippen LogP contribution in [0.25, 0.3) is 10.8 Å². The number of thiol groups is 1. The first kappa shape index (κ1) is 18.9. The molecule has 0 unspecified atom stereocenters. The van der Waals surface area contributed by atoms with Crippen molar-refractivity contribution in [2.75, 3.05) is 0 Å². The van der Waals surface area contributed by atoms with Crippen LogP contribution in [0.2, 0.25) is 0 Å². The lowest BCUT2D eigenvalue weighted by molar-refractivity contribution is 0.483. The van der Waals surface area contributed by atoms with E-state index < -0.39 is 21.1 Å². The van der Waals surface area contributed by atoms with Gasteiger partial charge in [-0.1, -0.05) is 54.1 Å². The van der Waals surface area contributed by atoms with Gasteiger partial charge in [0.25, 0.3) is 21.1 Å². The van der Waals surface area contributed by atoms with Crippen molar-refractivity contribution in [3.63, 3.8) is 0 Å². The van der Waals surface area contributed by atoms with Crippen LogP contribution >= 0.6 is 0 Å². The molecule has 3 aromatic carbocycles. The molecule has 0 saturated carbocycles. The second-order valence-electron chi connectivity index (χ2n) is 5.08. The average molecular weight is 380 g/mol. The van der Waals surface area contributed by atoms with Crippen molar-refractivity contribution in [3.8, 4) is 5.75 Å². The third-order valence-electron chi connectivity index (χ3n) is 3.24. The Kier molecular flexibility index (Phi) is 6.13. The minimum Gasteiger partial charge on any atom is -0.384 e. The maximum atomic E-state index is 10.5. The van der Waals surface area contributed by atoms with Crippen LogP contribution in [-0.4, -0.2) is 21.4 Å². The molecule has 25 heavy (non-hydrogen) atoms. The highest BCUT2D eigenvalue weighted by Crippen LogP contribution is 2.24.